The molecule has 0 aliphatic rings. The summed E-state index contributed by atoms with van der Waals surface area (Å²) >= 11 is 0. The van der Waals surface area contributed by atoms with Gasteiger partial charge in [0.25, 0.3) is 0 Å². The van der Waals surface area contributed by atoms with Crippen molar-refractivity contribution in [1.82, 2.24) is 4.57 Å². The van der Waals surface area contributed by atoms with Crippen LogP contribution in [0.5, 0.6) is 0 Å². The van der Waals surface area contributed by atoms with Crippen LogP contribution in [0.3, 0.4) is 0 Å². The Morgan fingerprint density at radius 1 is 0.750 bits per heavy atom. The molecule has 1 aromatic heterocycles. The third-order valence-electron chi connectivity index (χ3n) is 3.74. The Balaban J connectivity index is 2.22. The second kappa shape index (κ2) is 5.01. The molecule has 0 amide bonds. The fraction of sp³-hybridized carbons (Fsp3) is 0.158. The lowest BCUT2D eigenvalue weighted by Crippen LogP contribution is -2.01. The normalized spacial score (nSPS) is 10.8. The summed E-state index contributed by atoms with van der Waals surface area (Å²) in [6, 6.07) is 21.6. The van der Waals surface area contributed by atoms with Gasteiger partial charge in [-0.15, -0.1) is 0 Å². The summed E-state index contributed by atoms with van der Waals surface area (Å²) in [5.41, 5.74) is 7.63. The Morgan fingerprint density at radius 3 is 2.20 bits per heavy atom. The van der Waals surface area contributed by atoms with Crippen molar-refractivity contribution in [2.45, 2.75) is 20.8 Å². The van der Waals surface area contributed by atoms with E-state index < -0.39 is 0 Å². The molecule has 3 aromatic rings. The SMILES string of the molecule is Cc1ccc(-n2c(C)ccc2-c2ccccc2)c(C)c1. The summed E-state index contributed by atoms with van der Waals surface area (Å²) in [5.74, 6) is 0. The van der Waals surface area contributed by atoms with Crippen molar-refractivity contribution in [3.05, 3.63) is 77.5 Å². The summed E-state index contributed by atoms with van der Waals surface area (Å²) in [5, 5.41) is 0. The van der Waals surface area contributed by atoms with Gasteiger partial charge in [-0.25, -0.2) is 0 Å². The van der Waals surface area contributed by atoms with Gasteiger partial charge in [0.2, 0.25) is 0 Å². The topological polar surface area (TPSA) is 4.93 Å². The molecule has 0 fully saturated rings. The van der Waals surface area contributed by atoms with Crippen molar-refractivity contribution >= 4 is 0 Å². The van der Waals surface area contributed by atoms with Crippen molar-refractivity contribution in [2.24, 2.45) is 0 Å². The second-order valence-corrected chi connectivity index (χ2v) is 5.35. The molecule has 1 heterocycles. The van der Waals surface area contributed by atoms with Crippen LogP contribution in [0, 0.1) is 20.8 Å². The maximum Gasteiger partial charge on any atom is 0.0531 e. The molecular formula is C19H19N. The van der Waals surface area contributed by atoms with Crippen LogP contribution in [0.1, 0.15) is 16.8 Å². The van der Waals surface area contributed by atoms with E-state index in [1.165, 1.54) is 33.8 Å². The minimum Gasteiger partial charge on any atom is -0.314 e. The quantitative estimate of drug-likeness (QED) is 0.607. The number of hydrogen-bond acceptors (Lipinski definition) is 0. The average Bonchev–Trinajstić information content (AvgIpc) is 2.82. The largest absolute Gasteiger partial charge is 0.314 e. The molecule has 0 saturated heterocycles. The standard InChI is InChI=1S/C19H19N/c1-14-9-11-18(15(2)13-14)20-16(3)10-12-19(20)17-7-5-4-6-8-17/h4-13H,1-3H3. The summed E-state index contributed by atoms with van der Waals surface area (Å²) in [4.78, 5) is 0. The van der Waals surface area contributed by atoms with Crippen LogP contribution in [0.2, 0.25) is 0 Å². The highest BCUT2D eigenvalue weighted by Gasteiger charge is 2.10. The molecule has 1 nitrogen and oxygen atoms in total. The lowest BCUT2D eigenvalue weighted by molar-refractivity contribution is 1.01. The highest BCUT2D eigenvalue weighted by atomic mass is 15.0. The summed E-state index contributed by atoms with van der Waals surface area (Å²) < 4.78 is 2.34. The first-order valence-corrected chi connectivity index (χ1v) is 6.98. The van der Waals surface area contributed by atoms with E-state index in [1.54, 1.807) is 0 Å². The molecule has 0 spiro atoms. The van der Waals surface area contributed by atoms with Gasteiger partial charge in [-0.05, 0) is 50.1 Å². The lowest BCUT2D eigenvalue weighted by Gasteiger charge is -2.15. The molecule has 0 aliphatic heterocycles. The zero-order chi connectivity index (χ0) is 14.1. The maximum absolute atomic E-state index is 2.34. The number of benzene rings is 2. The summed E-state index contributed by atoms with van der Waals surface area (Å²) in [6.45, 7) is 6.47. The number of aromatic nitrogens is 1. The number of nitrogens with zero attached hydrogens (tertiary/aromatic N) is 1. The van der Waals surface area contributed by atoms with Gasteiger partial charge in [-0.3, -0.25) is 0 Å². The minimum atomic E-state index is 1.25. The van der Waals surface area contributed by atoms with Gasteiger partial charge in [0.1, 0.15) is 0 Å². The first-order chi connectivity index (χ1) is 9.66. The highest BCUT2D eigenvalue weighted by Crippen LogP contribution is 2.28. The summed E-state index contributed by atoms with van der Waals surface area (Å²) in [7, 11) is 0. The van der Waals surface area contributed by atoms with Crippen LogP contribution >= 0.6 is 0 Å². The smallest absolute Gasteiger partial charge is 0.0531 e. The molecule has 0 atom stereocenters. The van der Waals surface area contributed by atoms with Crippen molar-refractivity contribution < 1.29 is 0 Å². The van der Waals surface area contributed by atoms with Crippen LogP contribution in [0.15, 0.2) is 60.7 Å². The average molecular weight is 261 g/mol. The van der Waals surface area contributed by atoms with Gasteiger partial charge in [-0.1, -0.05) is 48.0 Å². The van der Waals surface area contributed by atoms with Crippen LogP contribution < -0.4 is 0 Å². The zero-order valence-corrected chi connectivity index (χ0v) is 12.2. The third-order valence-corrected chi connectivity index (χ3v) is 3.74. The second-order valence-electron chi connectivity index (χ2n) is 5.35. The van der Waals surface area contributed by atoms with Gasteiger partial charge in [0.15, 0.2) is 0 Å². The molecule has 0 aliphatic carbocycles. The highest BCUT2D eigenvalue weighted by molar-refractivity contribution is 5.65. The first-order valence-electron chi connectivity index (χ1n) is 6.98. The van der Waals surface area contributed by atoms with E-state index in [-0.39, 0.29) is 0 Å². The lowest BCUT2D eigenvalue weighted by atomic mass is 10.1. The Morgan fingerprint density at radius 2 is 1.50 bits per heavy atom. The molecule has 0 bridgehead atoms. The molecule has 0 radical (unpaired) electrons. The Bertz CT molecular complexity index is 736. The maximum atomic E-state index is 2.34. The minimum absolute atomic E-state index is 1.25. The van der Waals surface area contributed by atoms with E-state index in [1.807, 2.05) is 0 Å². The van der Waals surface area contributed by atoms with Crippen molar-refractivity contribution in [2.75, 3.05) is 0 Å². The van der Waals surface area contributed by atoms with Crippen LogP contribution in [-0.4, -0.2) is 4.57 Å². The van der Waals surface area contributed by atoms with Gasteiger partial charge >= 0.3 is 0 Å². The zero-order valence-electron chi connectivity index (χ0n) is 12.2. The number of hydrogen-bond donors (Lipinski definition) is 0. The summed E-state index contributed by atoms with van der Waals surface area (Å²) in [6.07, 6.45) is 0. The van der Waals surface area contributed by atoms with Gasteiger partial charge in [-0.2, -0.15) is 0 Å². The van der Waals surface area contributed by atoms with E-state index in [0.717, 1.165) is 0 Å². The molecule has 2 aromatic carbocycles. The molecule has 0 N–H and O–H groups in total. The molecule has 20 heavy (non-hydrogen) atoms. The van der Waals surface area contributed by atoms with Gasteiger partial charge in [0, 0.05) is 11.4 Å². The van der Waals surface area contributed by atoms with Crippen molar-refractivity contribution in [3.8, 4) is 16.9 Å². The molecule has 0 unspecified atom stereocenters. The predicted octanol–water partition coefficient (Wildman–Crippen LogP) is 5.07. The Kier molecular flexibility index (Phi) is 3.19. The Labute approximate surface area is 120 Å². The van der Waals surface area contributed by atoms with Crippen molar-refractivity contribution in [1.29, 1.82) is 0 Å². The van der Waals surface area contributed by atoms with E-state index in [2.05, 4.69) is 86.0 Å². The molecule has 3 rings (SSSR count). The third kappa shape index (κ3) is 2.16. The number of aryl methyl sites for hydroxylation is 3. The van der Waals surface area contributed by atoms with E-state index in [4.69, 9.17) is 0 Å². The fourth-order valence-electron chi connectivity index (χ4n) is 2.75. The predicted molar refractivity (Wildman–Crippen MR) is 85.4 cm³/mol. The van der Waals surface area contributed by atoms with Crippen molar-refractivity contribution in [3.63, 3.8) is 0 Å². The van der Waals surface area contributed by atoms with Crippen LogP contribution in [0.25, 0.3) is 16.9 Å². The first kappa shape index (κ1) is 12.7. The van der Waals surface area contributed by atoms with E-state index in [9.17, 15) is 0 Å². The van der Waals surface area contributed by atoms with E-state index >= 15 is 0 Å². The Hall–Kier alpha value is -2.28. The van der Waals surface area contributed by atoms with Crippen LogP contribution in [0.4, 0.5) is 0 Å². The molecule has 0 saturated carbocycles. The van der Waals surface area contributed by atoms with E-state index in [0.29, 0.717) is 0 Å². The van der Waals surface area contributed by atoms with Gasteiger partial charge < -0.3 is 4.57 Å². The molecule has 100 valence electrons. The van der Waals surface area contributed by atoms with Gasteiger partial charge in [0.05, 0.1) is 5.69 Å². The monoisotopic (exact) mass is 261 g/mol. The fourth-order valence-corrected chi connectivity index (χ4v) is 2.75. The number of rotatable bonds is 2. The molecule has 1 heteroatoms. The molecular weight excluding hydrogens is 242 g/mol. The van der Waals surface area contributed by atoms with Crippen LogP contribution in [-0.2, 0) is 0 Å².